The molecule has 0 spiro atoms. The number of nitrogens with one attached hydrogen (secondary N) is 1. The number of phenols is 1. The molecule has 10 heteroatoms. The minimum Gasteiger partial charge on any atom is -0.508 e. The molecule has 4 atom stereocenters. The summed E-state index contributed by atoms with van der Waals surface area (Å²) < 4.78 is 27.0. The molecule has 4 N–H and O–H groups in total. The smallest absolute Gasteiger partial charge is 0.335 e. The van der Waals surface area contributed by atoms with Gasteiger partial charge in [0.2, 0.25) is 5.75 Å². The van der Waals surface area contributed by atoms with Gasteiger partial charge < -0.3 is 44.4 Å². The summed E-state index contributed by atoms with van der Waals surface area (Å²) in [5.41, 5.74) is 8.18. The highest BCUT2D eigenvalue weighted by Crippen LogP contribution is 2.55. The van der Waals surface area contributed by atoms with Crippen molar-refractivity contribution in [3.8, 4) is 51.7 Å². The van der Waals surface area contributed by atoms with Gasteiger partial charge in [0.1, 0.15) is 24.0 Å². The summed E-state index contributed by atoms with van der Waals surface area (Å²) in [5.74, 6) is 9.38. The molecule has 1 fully saturated rings. The molecule has 3 aliphatic rings. The van der Waals surface area contributed by atoms with Crippen LogP contribution in [0.2, 0.25) is 0 Å². The number of fused-ring (bicyclic) bond motifs is 8. The molecule has 0 amide bonds. The number of anilines is 1. The van der Waals surface area contributed by atoms with Gasteiger partial charge in [-0.15, -0.1) is 0 Å². The third-order valence-corrected chi connectivity index (χ3v) is 12.3. The number of aliphatic hydroxyl groups excluding tert-OH is 1. The number of methoxy groups -OCH3 is 1. The van der Waals surface area contributed by atoms with E-state index in [4.69, 9.17) is 23.9 Å². The number of piperazine rings is 1. The van der Waals surface area contributed by atoms with E-state index < -0.39 is 18.1 Å². The molecular formula is C55H55N3O7. The zero-order valence-corrected chi connectivity index (χ0v) is 36.9. The van der Waals surface area contributed by atoms with E-state index in [1.54, 1.807) is 37.5 Å². The van der Waals surface area contributed by atoms with Crippen LogP contribution in [0.4, 0.5) is 5.82 Å². The normalized spacial score (nSPS) is 18.2. The Morgan fingerprint density at radius 3 is 2.48 bits per heavy atom. The molecule has 65 heavy (non-hydrogen) atoms. The fourth-order valence-corrected chi connectivity index (χ4v) is 8.92. The van der Waals surface area contributed by atoms with E-state index in [1.165, 1.54) is 0 Å². The van der Waals surface area contributed by atoms with Gasteiger partial charge in [-0.1, -0.05) is 146 Å². The SMILES string of the molecule is CCc1cc2c([n-]1)N1CCN[C@@H](C#C[C@@H](c3c(OCCc4ccccc4)c(OC)c(OCC[C@@H](O)/C=C/c4ccccc4)c4c3OC(c3ccc(O)cc3)CC4=[OH+])Cc3cccc-2c3)C1. The number of aromatic nitrogens is 1. The van der Waals surface area contributed by atoms with Crippen molar-refractivity contribution in [2.45, 2.75) is 63.2 Å². The van der Waals surface area contributed by atoms with E-state index in [9.17, 15) is 15.0 Å². The van der Waals surface area contributed by atoms with Crippen LogP contribution in [0.5, 0.6) is 28.7 Å². The van der Waals surface area contributed by atoms with E-state index in [0.717, 1.165) is 64.4 Å². The Hall–Kier alpha value is -6.93. The molecule has 0 aliphatic carbocycles. The Labute approximate surface area is 380 Å². The summed E-state index contributed by atoms with van der Waals surface area (Å²) in [6.07, 6.45) is 4.55. The van der Waals surface area contributed by atoms with Crippen molar-refractivity contribution in [1.29, 1.82) is 0 Å². The number of benzene rings is 5. The van der Waals surface area contributed by atoms with Gasteiger partial charge in [0.05, 0.1) is 44.0 Å². The van der Waals surface area contributed by atoms with Crippen molar-refractivity contribution in [3.63, 3.8) is 0 Å². The molecule has 5 aromatic carbocycles. The molecule has 4 heterocycles. The van der Waals surface area contributed by atoms with Gasteiger partial charge in [-0.25, -0.2) is 0 Å². The summed E-state index contributed by atoms with van der Waals surface area (Å²) in [7, 11) is 1.58. The zero-order chi connectivity index (χ0) is 44.7. The van der Waals surface area contributed by atoms with E-state index >= 15 is 0 Å². The second kappa shape index (κ2) is 19.9. The highest BCUT2D eigenvalue weighted by Gasteiger charge is 2.43. The van der Waals surface area contributed by atoms with Gasteiger partial charge in [0.15, 0.2) is 17.1 Å². The predicted octanol–water partition coefficient (Wildman–Crippen LogP) is 8.59. The van der Waals surface area contributed by atoms with Crippen LogP contribution in [-0.2, 0) is 19.3 Å². The van der Waals surface area contributed by atoms with E-state index in [-0.39, 0.29) is 42.8 Å². The van der Waals surface area contributed by atoms with Crippen LogP contribution >= 0.6 is 0 Å². The minimum absolute atomic E-state index is 0.0508. The molecule has 6 aromatic rings. The average Bonchev–Trinajstić information content (AvgIpc) is 3.78. The highest BCUT2D eigenvalue weighted by atomic mass is 16.5. The summed E-state index contributed by atoms with van der Waals surface area (Å²) >= 11 is 0. The second-order valence-electron chi connectivity index (χ2n) is 16.8. The van der Waals surface area contributed by atoms with Crippen molar-refractivity contribution in [3.05, 3.63) is 160 Å². The number of aromatic hydroxyl groups is 1. The molecule has 4 bridgehead atoms. The second-order valence-corrected chi connectivity index (χ2v) is 16.8. The monoisotopic (exact) mass is 869 g/mol. The highest BCUT2D eigenvalue weighted by molar-refractivity contribution is 6.05. The number of carbonyl (C=O) groups excluding carboxylic acids is 1. The standard InChI is InChI=1S/C55H54N3O7/c1-3-42-33-46-40-16-10-15-38(31-40)32-41(18-21-43-35-58(28-27-56-43)55(46)57-42)49-51-50(47(61)34-48(65-51)39-19-23-44(59)24-20-39)53(64-30-26-45(60)22-17-36-11-6-4-7-12-36)54(62-2)52(49)63-29-25-37-13-8-5-9-14-37/h4-17,19-20,22-24,31,33,41,43,45,48,56,59-60H,3,25-30,32,34-35H2,1-2H3/q-1/p+1/b22-17+/t41-,43+,45+,48?/m1/s1. The van der Waals surface area contributed by atoms with Crippen LogP contribution in [0.3, 0.4) is 0 Å². The third kappa shape index (κ3) is 9.77. The fourth-order valence-electron chi connectivity index (χ4n) is 8.92. The van der Waals surface area contributed by atoms with Crippen LogP contribution in [-0.4, -0.2) is 72.9 Å². The molecule has 3 aliphatic heterocycles. The molecule has 1 aromatic heterocycles. The number of aliphatic hydroxyl groups is 1. The quantitative estimate of drug-likeness (QED) is 0.0729. The molecule has 1 unspecified atom stereocenters. The number of rotatable bonds is 14. The van der Waals surface area contributed by atoms with Crippen molar-refractivity contribution in [1.82, 2.24) is 10.3 Å². The number of ether oxygens (including phenoxy) is 4. The summed E-state index contributed by atoms with van der Waals surface area (Å²) in [6.45, 7) is 4.74. The van der Waals surface area contributed by atoms with E-state index in [1.807, 2.05) is 54.6 Å². The number of ketones is 1. The molecule has 9 rings (SSSR count). The lowest BCUT2D eigenvalue weighted by molar-refractivity contribution is 0.171. The maximum absolute atomic E-state index is 12.3. The van der Waals surface area contributed by atoms with Crippen LogP contribution in [0, 0.1) is 11.8 Å². The molecule has 10 nitrogen and oxygen atoms in total. The number of hydrogen-bond donors (Lipinski definition) is 3. The number of aryl methyl sites for hydroxylation is 1. The Kier molecular flexibility index (Phi) is 13.2. The maximum atomic E-state index is 12.3. The van der Waals surface area contributed by atoms with Crippen LogP contribution in [0.1, 0.15) is 70.9 Å². The number of phenolic OH excluding ortho intramolecular Hbond substituents is 1. The van der Waals surface area contributed by atoms with Gasteiger partial charge in [-0.05, 0) is 78.0 Å². The number of nitrogens with zero attached hydrogens (tertiary/aromatic N) is 2. The van der Waals surface area contributed by atoms with Gasteiger partial charge in [-0.2, -0.15) is 0 Å². The first-order chi connectivity index (χ1) is 31.8. The van der Waals surface area contributed by atoms with Crippen molar-refractivity contribution in [2.24, 2.45) is 0 Å². The van der Waals surface area contributed by atoms with Crippen molar-refractivity contribution < 1.29 is 34.0 Å². The van der Waals surface area contributed by atoms with Crippen LogP contribution in [0.15, 0.2) is 121 Å². The summed E-state index contributed by atoms with van der Waals surface area (Å²) in [5, 5.41) is 24.9. The molecule has 0 radical (unpaired) electrons. The first-order valence-electron chi connectivity index (χ1n) is 22.6. The maximum Gasteiger partial charge on any atom is 0.335 e. The van der Waals surface area contributed by atoms with Crippen molar-refractivity contribution in [2.75, 3.05) is 44.9 Å². The molecule has 332 valence electrons. The summed E-state index contributed by atoms with van der Waals surface area (Å²) in [4.78, 5) is 19.7. The minimum atomic E-state index is -0.800. The Balaban J connectivity index is 1.19. The Bertz CT molecular complexity index is 2700. The average molecular weight is 870 g/mol. The first kappa shape index (κ1) is 43.3. The molecule has 0 saturated carbocycles. The lowest BCUT2D eigenvalue weighted by Gasteiger charge is -2.40. The Morgan fingerprint density at radius 1 is 0.908 bits per heavy atom. The fraction of sp³-hybridized carbons (Fsp3) is 0.291. The first-order valence-corrected chi connectivity index (χ1v) is 22.6. The van der Waals surface area contributed by atoms with E-state index in [2.05, 4.69) is 71.4 Å². The molecule has 1 saturated heterocycles. The largest absolute Gasteiger partial charge is 0.508 e. The zero-order valence-electron chi connectivity index (χ0n) is 36.9. The third-order valence-electron chi connectivity index (χ3n) is 12.3. The molecular weight excluding hydrogens is 815 g/mol. The Morgan fingerprint density at radius 2 is 1.69 bits per heavy atom. The van der Waals surface area contributed by atoms with Gasteiger partial charge in [-0.3, -0.25) is 4.79 Å². The predicted molar refractivity (Wildman–Crippen MR) is 255 cm³/mol. The topological polar surface area (TPSA) is 128 Å². The number of hydrogen-bond acceptors (Lipinski definition) is 8. The van der Waals surface area contributed by atoms with Crippen LogP contribution in [0.25, 0.3) is 17.2 Å². The lowest BCUT2D eigenvalue weighted by Crippen LogP contribution is -2.50. The van der Waals surface area contributed by atoms with E-state index in [0.29, 0.717) is 54.4 Å². The van der Waals surface area contributed by atoms with Gasteiger partial charge >= 0.3 is 5.78 Å². The lowest BCUT2D eigenvalue weighted by atomic mass is 9.85. The van der Waals surface area contributed by atoms with Gasteiger partial charge in [0.25, 0.3) is 0 Å². The van der Waals surface area contributed by atoms with Crippen LogP contribution < -0.4 is 34.1 Å². The van der Waals surface area contributed by atoms with Gasteiger partial charge in [0, 0.05) is 12.8 Å². The van der Waals surface area contributed by atoms with Crippen molar-refractivity contribution >= 4 is 17.7 Å². The summed E-state index contributed by atoms with van der Waals surface area (Å²) in [6, 6.07) is 37.5.